The number of likely N-dealkylation sites (tertiary alicyclic amines) is 1. The molecule has 1 heterocycles. The number of nitrogen functional groups attached to an aromatic ring is 1. The van der Waals surface area contributed by atoms with Crippen molar-refractivity contribution in [3.05, 3.63) is 24.3 Å². The molecule has 0 spiro atoms. The fourth-order valence-corrected chi connectivity index (χ4v) is 2.85. The Morgan fingerprint density at radius 3 is 2.17 bits per heavy atom. The lowest BCUT2D eigenvalue weighted by Crippen LogP contribution is -2.46. The van der Waals surface area contributed by atoms with E-state index in [0.717, 1.165) is 30.3 Å². The van der Waals surface area contributed by atoms with E-state index in [1.807, 2.05) is 24.3 Å². The maximum absolute atomic E-state index is 9.45. The van der Waals surface area contributed by atoms with Gasteiger partial charge < -0.3 is 15.4 Å². The van der Waals surface area contributed by atoms with E-state index in [1.54, 1.807) is 0 Å². The number of hydrogen-bond acceptors (Lipinski definition) is 4. The second kappa shape index (κ2) is 9.36. The quantitative estimate of drug-likeness (QED) is 0.507. The highest BCUT2D eigenvalue weighted by atomic mass is 35.5. The summed E-state index contributed by atoms with van der Waals surface area (Å²) in [6.45, 7) is 2.40. The molecule has 23 heavy (non-hydrogen) atoms. The standard InChI is InChI=1S/C15H22N2O.C2H2Cl2O/c16-12-4-6-14(7-5-12)18-15-8-10-17(11-9-15)13-2-1-3-13;3-1-2(4)5/h4-7,13,15H,1-3,8-11,16H2;1H2. The number of ether oxygens (including phenoxy) is 1. The van der Waals surface area contributed by atoms with Gasteiger partial charge in [0.1, 0.15) is 11.9 Å². The van der Waals surface area contributed by atoms with Crippen LogP contribution in [0.5, 0.6) is 5.75 Å². The van der Waals surface area contributed by atoms with Crippen molar-refractivity contribution >= 4 is 34.1 Å². The molecular formula is C17H24Cl2N2O2. The van der Waals surface area contributed by atoms with E-state index >= 15 is 0 Å². The lowest BCUT2D eigenvalue weighted by molar-refractivity contribution is -0.109. The maximum atomic E-state index is 9.45. The first-order chi connectivity index (χ1) is 11.1. The third kappa shape index (κ3) is 6.21. The number of piperidine rings is 1. The van der Waals surface area contributed by atoms with Crippen molar-refractivity contribution in [2.45, 2.75) is 44.2 Å². The monoisotopic (exact) mass is 358 g/mol. The van der Waals surface area contributed by atoms with Gasteiger partial charge in [0.15, 0.2) is 0 Å². The molecule has 0 aromatic heterocycles. The maximum Gasteiger partial charge on any atom is 0.236 e. The Labute approximate surface area is 147 Å². The molecule has 6 heteroatoms. The van der Waals surface area contributed by atoms with Crippen molar-refractivity contribution in [1.29, 1.82) is 0 Å². The summed E-state index contributed by atoms with van der Waals surface area (Å²) in [4.78, 5) is 12.1. The zero-order chi connectivity index (χ0) is 16.7. The molecule has 2 N–H and O–H groups in total. The van der Waals surface area contributed by atoms with E-state index in [9.17, 15) is 4.79 Å². The molecular weight excluding hydrogens is 335 g/mol. The van der Waals surface area contributed by atoms with Crippen LogP contribution in [-0.4, -0.2) is 41.3 Å². The molecule has 1 aliphatic heterocycles. The molecule has 1 aromatic carbocycles. The number of nitrogens with two attached hydrogens (primary N) is 1. The summed E-state index contributed by atoms with van der Waals surface area (Å²) in [5.41, 5.74) is 6.46. The second-order valence-corrected chi connectivity index (χ2v) is 6.68. The van der Waals surface area contributed by atoms with E-state index in [4.69, 9.17) is 33.7 Å². The normalized spacial score (nSPS) is 19.4. The third-order valence-electron chi connectivity index (χ3n) is 4.36. The first-order valence-corrected chi connectivity index (χ1v) is 9.00. The molecule has 1 aromatic rings. The predicted molar refractivity (Wildman–Crippen MR) is 95.3 cm³/mol. The van der Waals surface area contributed by atoms with Crippen molar-refractivity contribution in [1.82, 2.24) is 4.90 Å². The van der Waals surface area contributed by atoms with Gasteiger partial charge in [-0.1, -0.05) is 6.42 Å². The molecule has 0 radical (unpaired) electrons. The van der Waals surface area contributed by atoms with Crippen molar-refractivity contribution in [3.8, 4) is 5.75 Å². The van der Waals surface area contributed by atoms with Crippen LogP contribution < -0.4 is 10.5 Å². The highest BCUT2D eigenvalue weighted by molar-refractivity contribution is 6.67. The smallest absolute Gasteiger partial charge is 0.236 e. The summed E-state index contributed by atoms with van der Waals surface area (Å²) in [7, 11) is 0. The van der Waals surface area contributed by atoms with Gasteiger partial charge in [0, 0.05) is 24.8 Å². The SMILES string of the molecule is Nc1ccc(OC2CCN(C3CCC3)CC2)cc1.O=C(Cl)CCl. The van der Waals surface area contributed by atoms with E-state index in [1.165, 1.54) is 32.4 Å². The average Bonchev–Trinajstić information content (AvgIpc) is 2.50. The summed E-state index contributed by atoms with van der Waals surface area (Å²) in [6, 6.07) is 8.61. The number of alkyl halides is 1. The molecule has 1 saturated carbocycles. The van der Waals surface area contributed by atoms with Crippen LogP contribution in [0.2, 0.25) is 0 Å². The zero-order valence-corrected chi connectivity index (χ0v) is 14.7. The Morgan fingerprint density at radius 1 is 1.17 bits per heavy atom. The third-order valence-corrected chi connectivity index (χ3v) is 4.87. The van der Waals surface area contributed by atoms with Crippen LogP contribution in [0.1, 0.15) is 32.1 Å². The minimum atomic E-state index is -0.508. The number of anilines is 1. The molecule has 2 aliphatic rings. The Morgan fingerprint density at radius 2 is 1.74 bits per heavy atom. The van der Waals surface area contributed by atoms with E-state index < -0.39 is 5.24 Å². The molecule has 128 valence electrons. The van der Waals surface area contributed by atoms with Crippen LogP contribution in [0.4, 0.5) is 5.69 Å². The van der Waals surface area contributed by atoms with Crippen LogP contribution in [0.15, 0.2) is 24.3 Å². The number of benzene rings is 1. The van der Waals surface area contributed by atoms with E-state index in [2.05, 4.69) is 4.90 Å². The average molecular weight is 359 g/mol. The molecule has 0 unspecified atom stereocenters. The number of nitrogens with zero attached hydrogens (tertiary/aromatic N) is 1. The molecule has 4 nitrogen and oxygen atoms in total. The summed E-state index contributed by atoms with van der Waals surface area (Å²) in [5, 5.41) is -0.508. The van der Waals surface area contributed by atoms with Gasteiger partial charge in [-0.05, 0) is 61.5 Å². The van der Waals surface area contributed by atoms with E-state index in [-0.39, 0.29) is 5.88 Å². The van der Waals surface area contributed by atoms with Gasteiger partial charge in [-0.2, -0.15) is 0 Å². The molecule has 1 aliphatic carbocycles. The minimum Gasteiger partial charge on any atom is -0.490 e. The van der Waals surface area contributed by atoms with Gasteiger partial charge in [-0.3, -0.25) is 4.79 Å². The number of carbonyl (C=O) groups excluding carboxylic acids is 1. The summed E-state index contributed by atoms with van der Waals surface area (Å²) < 4.78 is 6.01. The summed E-state index contributed by atoms with van der Waals surface area (Å²) >= 11 is 9.55. The lowest BCUT2D eigenvalue weighted by atomic mass is 9.90. The first kappa shape index (κ1) is 18.4. The fourth-order valence-electron chi connectivity index (χ4n) is 2.85. The van der Waals surface area contributed by atoms with Crippen molar-refractivity contribution < 1.29 is 9.53 Å². The van der Waals surface area contributed by atoms with Crippen LogP contribution in [-0.2, 0) is 4.79 Å². The Hall–Kier alpha value is -0.970. The fraction of sp³-hybridized carbons (Fsp3) is 0.588. The summed E-state index contributed by atoms with van der Waals surface area (Å²) in [5.74, 6) is 0.855. The van der Waals surface area contributed by atoms with Gasteiger partial charge in [0.05, 0.1) is 5.88 Å². The largest absolute Gasteiger partial charge is 0.490 e. The highest BCUT2D eigenvalue weighted by Crippen LogP contribution is 2.28. The molecule has 0 atom stereocenters. The second-order valence-electron chi connectivity index (χ2n) is 6.00. The topological polar surface area (TPSA) is 55.6 Å². The predicted octanol–water partition coefficient (Wildman–Crippen LogP) is 3.66. The van der Waals surface area contributed by atoms with E-state index in [0.29, 0.717) is 6.10 Å². The zero-order valence-electron chi connectivity index (χ0n) is 13.2. The van der Waals surface area contributed by atoms with Gasteiger partial charge in [-0.15, -0.1) is 11.6 Å². The number of hydrogen-bond donors (Lipinski definition) is 1. The number of rotatable bonds is 4. The number of halogens is 2. The van der Waals surface area contributed by atoms with Gasteiger partial charge in [0.2, 0.25) is 5.24 Å². The van der Waals surface area contributed by atoms with Crippen molar-refractivity contribution in [2.75, 3.05) is 24.7 Å². The molecule has 3 rings (SSSR count). The minimum absolute atomic E-state index is 0.0957. The van der Waals surface area contributed by atoms with Gasteiger partial charge in [-0.25, -0.2) is 0 Å². The highest BCUT2D eigenvalue weighted by Gasteiger charge is 2.29. The van der Waals surface area contributed by atoms with Crippen LogP contribution in [0.25, 0.3) is 0 Å². The Balaban J connectivity index is 0.000000338. The molecule has 0 amide bonds. The van der Waals surface area contributed by atoms with Crippen LogP contribution >= 0.6 is 23.2 Å². The molecule has 1 saturated heterocycles. The van der Waals surface area contributed by atoms with Gasteiger partial charge >= 0.3 is 0 Å². The first-order valence-electron chi connectivity index (χ1n) is 8.09. The molecule has 2 fully saturated rings. The van der Waals surface area contributed by atoms with Crippen molar-refractivity contribution in [2.24, 2.45) is 0 Å². The molecule has 0 bridgehead atoms. The lowest BCUT2D eigenvalue weighted by Gasteiger charge is -2.41. The Kier molecular flexibility index (Phi) is 7.47. The Bertz CT molecular complexity index is 484. The van der Waals surface area contributed by atoms with Crippen molar-refractivity contribution in [3.63, 3.8) is 0 Å². The summed E-state index contributed by atoms with van der Waals surface area (Å²) in [6.07, 6.45) is 6.92. The van der Waals surface area contributed by atoms with Crippen LogP contribution in [0.3, 0.4) is 0 Å². The number of carbonyl (C=O) groups is 1. The van der Waals surface area contributed by atoms with Crippen LogP contribution in [0, 0.1) is 0 Å². The van der Waals surface area contributed by atoms with Gasteiger partial charge in [0.25, 0.3) is 0 Å².